The number of aromatic nitrogens is 2. The third-order valence-corrected chi connectivity index (χ3v) is 4.68. The number of nitrogens with one attached hydrogen (secondary N) is 1. The lowest BCUT2D eigenvalue weighted by atomic mass is 10.2. The number of carbonyl (C=O) groups is 1. The van der Waals surface area contributed by atoms with Gasteiger partial charge in [0.2, 0.25) is 10.0 Å². The summed E-state index contributed by atoms with van der Waals surface area (Å²) >= 11 is 6.16. The van der Waals surface area contributed by atoms with Gasteiger partial charge in [0, 0.05) is 18.3 Å². The van der Waals surface area contributed by atoms with E-state index in [1.54, 1.807) is 22.8 Å². The van der Waals surface area contributed by atoms with Crippen LogP contribution in [0.5, 0.6) is 0 Å². The predicted octanol–water partition coefficient (Wildman–Crippen LogP) is 2.30. The van der Waals surface area contributed by atoms with Gasteiger partial charge in [-0.25, -0.2) is 18.1 Å². The predicted molar refractivity (Wildman–Crippen MR) is 85.3 cm³/mol. The van der Waals surface area contributed by atoms with Crippen molar-refractivity contribution in [1.29, 1.82) is 0 Å². The molecule has 0 saturated heterocycles. The summed E-state index contributed by atoms with van der Waals surface area (Å²) in [5.74, 6) is -0.403. The fourth-order valence-electron chi connectivity index (χ4n) is 1.89. The highest BCUT2D eigenvalue weighted by molar-refractivity contribution is 7.90. The van der Waals surface area contributed by atoms with Crippen molar-refractivity contribution in [1.82, 2.24) is 14.3 Å². The van der Waals surface area contributed by atoms with Crippen molar-refractivity contribution in [3.05, 3.63) is 41.2 Å². The molecule has 118 valence electrons. The molecule has 8 heteroatoms. The van der Waals surface area contributed by atoms with E-state index in [4.69, 9.17) is 11.6 Å². The van der Waals surface area contributed by atoms with Crippen LogP contribution >= 0.6 is 11.6 Å². The van der Waals surface area contributed by atoms with Gasteiger partial charge in [0.25, 0.3) is 5.91 Å². The van der Waals surface area contributed by atoms with Gasteiger partial charge in [0.05, 0.1) is 10.8 Å². The minimum atomic E-state index is -3.62. The van der Waals surface area contributed by atoms with E-state index in [-0.39, 0.29) is 11.4 Å². The Labute approximate surface area is 134 Å². The van der Waals surface area contributed by atoms with Crippen LogP contribution in [0.15, 0.2) is 30.5 Å². The lowest BCUT2D eigenvalue weighted by molar-refractivity contribution is 0.0977. The van der Waals surface area contributed by atoms with Crippen molar-refractivity contribution in [3.8, 4) is 11.4 Å². The second kappa shape index (κ2) is 6.50. The van der Waals surface area contributed by atoms with Gasteiger partial charge in [0.15, 0.2) is 0 Å². The quantitative estimate of drug-likeness (QED) is 0.904. The number of benzene rings is 1. The molecule has 6 nitrogen and oxygen atoms in total. The maximum Gasteiger partial charge on any atom is 0.284 e. The van der Waals surface area contributed by atoms with Gasteiger partial charge in [-0.2, -0.15) is 0 Å². The van der Waals surface area contributed by atoms with Crippen LogP contribution in [0.2, 0.25) is 5.02 Å². The van der Waals surface area contributed by atoms with Gasteiger partial charge >= 0.3 is 0 Å². The molecule has 1 heterocycles. The minimum Gasteiger partial charge on any atom is -0.330 e. The Morgan fingerprint density at radius 3 is 2.59 bits per heavy atom. The smallest absolute Gasteiger partial charge is 0.284 e. The first-order chi connectivity index (χ1) is 10.4. The lowest BCUT2D eigenvalue weighted by Gasteiger charge is -2.05. The number of amides is 1. The van der Waals surface area contributed by atoms with Gasteiger partial charge in [-0.15, -0.1) is 0 Å². The number of imidazole rings is 1. The van der Waals surface area contributed by atoms with E-state index < -0.39 is 15.9 Å². The summed E-state index contributed by atoms with van der Waals surface area (Å²) in [7, 11) is -3.62. The Bertz CT molecular complexity index is 799. The normalized spacial score (nSPS) is 11.4. The van der Waals surface area contributed by atoms with Gasteiger partial charge in [0.1, 0.15) is 11.5 Å². The van der Waals surface area contributed by atoms with Crippen molar-refractivity contribution < 1.29 is 13.2 Å². The average molecular weight is 342 g/mol. The fourth-order valence-corrected chi connectivity index (χ4v) is 2.64. The molecule has 0 unspecified atom stereocenters. The monoisotopic (exact) mass is 341 g/mol. The minimum absolute atomic E-state index is 0.0359. The van der Waals surface area contributed by atoms with Crippen molar-refractivity contribution >= 4 is 27.5 Å². The molecule has 22 heavy (non-hydrogen) atoms. The van der Waals surface area contributed by atoms with Crippen LogP contribution in [0.3, 0.4) is 0 Å². The van der Waals surface area contributed by atoms with Crippen molar-refractivity contribution in [2.75, 3.05) is 5.75 Å². The maximum absolute atomic E-state index is 12.0. The largest absolute Gasteiger partial charge is 0.330 e. The van der Waals surface area contributed by atoms with E-state index in [0.29, 0.717) is 23.0 Å². The third kappa shape index (κ3) is 3.48. The fraction of sp³-hybridized carbons (Fsp3) is 0.286. The van der Waals surface area contributed by atoms with Gasteiger partial charge in [-0.1, -0.05) is 23.7 Å². The van der Waals surface area contributed by atoms with Crippen LogP contribution in [0.25, 0.3) is 11.4 Å². The van der Waals surface area contributed by atoms with Gasteiger partial charge in [-0.3, -0.25) is 4.79 Å². The van der Waals surface area contributed by atoms with Crippen LogP contribution in [0.1, 0.15) is 24.3 Å². The summed E-state index contributed by atoms with van der Waals surface area (Å²) in [4.78, 5) is 16.3. The van der Waals surface area contributed by atoms with Crippen LogP contribution in [-0.2, 0) is 16.6 Å². The van der Waals surface area contributed by atoms with Gasteiger partial charge < -0.3 is 4.57 Å². The number of carbonyl (C=O) groups excluding carboxylic acids is 1. The number of nitrogens with zero attached hydrogens (tertiary/aromatic N) is 2. The molecule has 0 aliphatic heterocycles. The third-order valence-electron chi connectivity index (χ3n) is 3.09. The first-order valence-corrected chi connectivity index (χ1v) is 8.77. The molecule has 2 rings (SSSR count). The van der Waals surface area contributed by atoms with E-state index in [9.17, 15) is 13.2 Å². The molecule has 0 spiro atoms. The second-order valence-electron chi connectivity index (χ2n) is 4.55. The van der Waals surface area contributed by atoms with Gasteiger partial charge in [-0.05, 0) is 26.0 Å². The highest BCUT2D eigenvalue weighted by atomic mass is 35.5. The zero-order valence-electron chi connectivity index (χ0n) is 12.2. The van der Waals surface area contributed by atoms with E-state index in [1.165, 1.54) is 13.1 Å². The SMILES string of the molecule is CCn1cc(C(=O)NS(=O)(=O)CC)nc1-c1ccccc1Cl. The molecular formula is C14H16ClN3O3S. The van der Waals surface area contributed by atoms with Crippen molar-refractivity contribution in [2.24, 2.45) is 0 Å². The molecular weight excluding hydrogens is 326 g/mol. The molecule has 1 N–H and O–H groups in total. The highest BCUT2D eigenvalue weighted by Crippen LogP contribution is 2.27. The summed E-state index contributed by atoms with van der Waals surface area (Å²) in [5.41, 5.74) is 0.720. The number of sulfonamides is 1. The summed E-state index contributed by atoms with van der Waals surface area (Å²) in [6.45, 7) is 3.92. The summed E-state index contributed by atoms with van der Waals surface area (Å²) in [5, 5.41) is 0.510. The Morgan fingerprint density at radius 1 is 1.32 bits per heavy atom. The van der Waals surface area contributed by atoms with Crippen LogP contribution in [-0.4, -0.2) is 29.6 Å². The van der Waals surface area contributed by atoms with Crippen LogP contribution in [0, 0.1) is 0 Å². The Balaban J connectivity index is 2.42. The summed E-state index contributed by atoms with van der Waals surface area (Å²) in [6.07, 6.45) is 1.51. The van der Waals surface area contributed by atoms with Crippen molar-refractivity contribution in [2.45, 2.75) is 20.4 Å². The number of hydrogen-bond acceptors (Lipinski definition) is 4. The van der Waals surface area contributed by atoms with E-state index in [0.717, 1.165) is 0 Å². The molecule has 0 fully saturated rings. The molecule has 0 aliphatic rings. The first-order valence-electron chi connectivity index (χ1n) is 6.74. The molecule has 0 aliphatic carbocycles. The molecule has 0 atom stereocenters. The summed E-state index contributed by atoms with van der Waals surface area (Å²) in [6, 6.07) is 7.14. The van der Waals surface area contributed by atoms with E-state index >= 15 is 0 Å². The van der Waals surface area contributed by atoms with Crippen molar-refractivity contribution in [3.63, 3.8) is 0 Å². The van der Waals surface area contributed by atoms with Crippen LogP contribution in [0.4, 0.5) is 0 Å². The number of aryl methyl sites for hydroxylation is 1. The lowest BCUT2D eigenvalue weighted by Crippen LogP contribution is -2.32. The molecule has 0 saturated carbocycles. The maximum atomic E-state index is 12.0. The molecule has 1 amide bonds. The van der Waals surface area contributed by atoms with E-state index in [1.807, 2.05) is 17.7 Å². The molecule has 2 aromatic rings. The average Bonchev–Trinajstić information content (AvgIpc) is 2.91. The first kappa shape index (κ1) is 16.5. The zero-order valence-corrected chi connectivity index (χ0v) is 13.8. The Hall–Kier alpha value is -1.86. The van der Waals surface area contributed by atoms with E-state index in [2.05, 4.69) is 4.98 Å². The molecule has 0 radical (unpaired) electrons. The molecule has 1 aromatic carbocycles. The highest BCUT2D eigenvalue weighted by Gasteiger charge is 2.19. The van der Waals surface area contributed by atoms with Crippen LogP contribution < -0.4 is 4.72 Å². The molecule has 1 aromatic heterocycles. The standard InChI is InChI=1S/C14H16ClN3O3S/c1-3-18-9-12(14(19)17-22(20,21)4-2)16-13(18)10-7-5-6-8-11(10)15/h5-9H,3-4H2,1-2H3,(H,17,19). The number of hydrogen-bond donors (Lipinski definition) is 1. The zero-order chi connectivity index (χ0) is 16.3. The molecule has 0 bridgehead atoms. The topological polar surface area (TPSA) is 81.1 Å². The Morgan fingerprint density at radius 2 is 2.00 bits per heavy atom. The second-order valence-corrected chi connectivity index (χ2v) is 6.97. The summed E-state index contributed by atoms with van der Waals surface area (Å²) < 4.78 is 26.7. The Kier molecular flexibility index (Phi) is 4.87. The number of rotatable bonds is 5. The number of halogens is 1.